The molecule has 0 radical (unpaired) electrons. The highest BCUT2D eigenvalue weighted by atomic mass is 16.6. The van der Waals surface area contributed by atoms with Crippen molar-refractivity contribution in [1.29, 1.82) is 0 Å². The molecule has 1 fully saturated rings. The van der Waals surface area contributed by atoms with E-state index in [1.54, 1.807) is 24.3 Å². The lowest BCUT2D eigenvalue weighted by atomic mass is 9.95. The summed E-state index contributed by atoms with van der Waals surface area (Å²) >= 11 is 0. The number of hydrogen-bond donors (Lipinski definition) is 1. The molecule has 1 heterocycles. The molecule has 35 heavy (non-hydrogen) atoms. The predicted octanol–water partition coefficient (Wildman–Crippen LogP) is 3.28. The van der Waals surface area contributed by atoms with Crippen molar-refractivity contribution in [3.63, 3.8) is 0 Å². The number of likely N-dealkylation sites (tertiary alicyclic amines) is 1. The average molecular weight is 482 g/mol. The van der Waals surface area contributed by atoms with Crippen LogP contribution in [0.5, 0.6) is 5.75 Å². The summed E-state index contributed by atoms with van der Waals surface area (Å²) in [4.78, 5) is 51.5. The summed E-state index contributed by atoms with van der Waals surface area (Å²) in [5.74, 6) is -2.35. The molecule has 0 saturated carbocycles. The molecule has 1 saturated heterocycles. The van der Waals surface area contributed by atoms with E-state index in [1.165, 1.54) is 36.1 Å². The molecule has 0 spiro atoms. The second kappa shape index (κ2) is 10.9. The van der Waals surface area contributed by atoms with Crippen molar-refractivity contribution in [2.45, 2.75) is 26.8 Å². The number of hydrogen-bond acceptors (Lipinski definition) is 8. The zero-order chi connectivity index (χ0) is 25.7. The van der Waals surface area contributed by atoms with Crippen molar-refractivity contribution in [3.8, 4) is 5.75 Å². The monoisotopic (exact) mass is 481 g/mol. The summed E-state index contributed by atoms with van der Waals surface area (Å²) in [6.07, 6.45) is 0. The van der Waals surface area contributed by atoms with Crippen molar-refractivity contribution in [2.24, 2.45) is 0 Å². The molecule has 1 amide bonds. The van der Waals surface area contributed by atoms with Gasteiger partial charge in [0.05, 0.1) is 16.5 Å². The summed E-state index contributed by atoms with van der Waals surface area (Å²) in [6.45, 7) is 7.51. The van der Waals surface area contributed by atoms with E-state index in [1.807, 2.05) is 13.8 Å². The van der Waals surface area contributed by atoms with Crippen molar-refractivity contribution in [1.82, 2.24) is 9.80 Å². The number of ether oxygens (including phenoxy) is 1. The molecule has 2 aromatic carbocycles. The maximum atomic E-state index is 13.1. The van der Waals surface area contributed by atoms with Crippen molar-refractivity contribution >= 4 is 29.1 Å². The molecule has 1 unspecified atom stereocenters. The first-order valence-electron chi connectivity index (χ1n) is 11.2. The number of carbonyl (C=O) groups excluding carboxylic acids is 3. The Morgan fingerprint density at radius 1 is 1.14 bits per heavy atom. The topological polar surface area (TPSA) is 130 Å². The van der Waals surface area contributed by atoms with E-state index in [0.717, 1.165) is 13.1 Å². The number of rotatable bonds is 9. The van der Waals surface area contributed by atoms with Crippen LogP contribution < -0.4 is 4.74 Å². The van der Waals surface area contributed by atoms with Crippen molar-refractivity contribution in [2.75, 3.05) is 26.2 Å². The molecule has 3 rings (SSSR count). The second-order valence-electron chi connectivity index (χ2n) is 7.99. The molecule has 184 valence electrons. The molecule has 0 aliphatic carbocycles. The zero-order valence-corrected chi connectivity index (χ0v) is 19.8. The molecule has 10 heteroatoms. The maximum Gasteiger partial charge on any atom is 0.308 e. The first-order chi connectivity index (χ1) is 16.7. The molecule has 0 aromatic heterocycles. The lowest BCUT2D eigenvalue weighted by Crippen LogP contribution is -2.38. The Balaban J connectivity index is 2.12. The van der Waals surface area contributed by atoms with Crippen LogP contribution in [0.2, 0.25) is 0 Å². The van der Waals surface area contributed by atoms with Crippen LogP contribution in [0.25, 0.3) is 5.76 Å². The van der Waals surface area contributed by atoms with Gasteiger partial charge in [-0.15, -0.1) is 0 Å². The number of nitro groups is 1. The van der Waals surface area contributed by atoms with Crippen LogP contribution in [0.3, 0.4) is 0 Å². The third-order valence-electron chi connectivity index (χ3n) is 5.88. The number of nitrogens with zero attached hydrogens (tertiary/aromatic N) is 3. The lowest BCUT2D eigenvalue weighted by Gasteiger charge is -2.28. The number of nitro benzene ring substituents is 1. The van der Waals surface area contributed by atoms with Crippen LogP contribution in [0.15, 0.2) is 54.1 Å². The Morgan fingerprint density at radius 3 is 2.37 bits per heavy atom. The van der Waals surface area contributed by atoms with Gasteiger partial charge in [0.1, 0.15) is 11.5 Å². The fraction of sp³-hybridized carbons (Fsp3) is 0.320. The quantitative estimate of drug-likeness (QED) is 0.110. The van der Waals surface area contributed by atoms with Crippen LogP contribution in [-0.2, 0) is 14.4 Å². The van der Waals surface area contributed by atoms with E-state index in [0.29, 0.717) is 12.1 Å². The summed E-state index contributed by atoms with van der Waals surface area (Å²) in [5.41, 5.74) is 0.333. The number of benzene rings is 2. The number of likely N-dealkylation sites (N-methyl/N-ethyl adjacent to an activating group) is 1. The SMILES string of the molecule is CCN(CC)CCN1C(=O)C(=O)/C(=C(/O)c2ccc([N+](=O)[O-])cc2)C1c1cccc(OC(C)=O)c1. The predicted molar refractivity (Wildman–Crippen MR) is 128 cm³/mol. The normalized spacial score (nSPS) is 17.1. The number of aliphatic hydroxyl groups is 1. The summed E-state index contributed by atoms with van der Waals surface area (Å²) < 4.78 is 5.17. The van der Waals surface area contributed by atoms with Gasteiger partial charge in [-0.3, -0.25) is 24.5 Å². The van der Waals surface area contributed by atoms with Crippen LogP contribution >= 0.6 is 0 Å². The Hall–Kier alpha value is -4.05. The number of non-ortho nitro benzene ring substituents is 1. The molecule has 1 aliphatic rings. The van der Waals surface area contributed by atoms with Crippen molar-refractivity contribution in [3.05, 3.63) is 75.3 Å². The van der Waals surface area contributed by atoms with Crippen LogP contribution in [-0.4, -0.2) is 63.7 Å². The fourth-order valence-electron chi connectivity index (χ4n) is 4.06. The average Bonchev–Trinajstić information content (AvgIpc) is 3.09. The standard InChI is InChI=1S/C25H27N3O7/c1-4-26(5-2)13-14-27-22(18-7-6-8-20(15-18)35-16(3)29)21(24(31)25(27)32)23(30)17-9-11-19(12-10-17)28(33)34/h6-12,15,22,30H,4-5,13-14H2,1-3H3/b23-21+. The Morgan fingerprint density at radius 2 is 1.80 bits per heavy atom. The minimum atomic E-state index is -0.934. The number of carbonyl (C=O) groups is 3. The fourth-order valence-corrected chi connectivity index (χ4v) is 4.06. The first-order valence-corrected chi connectivity index (χ1v) is 11.2. The zero-order valence-electron chi connectivity index (χ0n) is 19.8. The molecular formula is C25H27N3O7. The highest BCUT2D eigenvalue weighted by Crippen LogP contribution is 2.40. The molecule has 1 aliphatic heterocycles. The lowest BCUT2D eigenvalue weighted by molar-refractivity contribution is -0.384. The van der Waals surface area contributed by atoms with Gasteiger partial charge >= 0.3 is 5.97 Å². The number of Topliss-reactive ketones (excluding diaryl/α,β-unsaturated/α-hetero) is 1. The van der Waals surface area contributed by atoms with Gasteiger partial charge in [0.2, 0.25) is 0 Å². The van der Waals surface area contributed by atoms with E-state index >= 15 is 0 Å². The molecule has 10 nitrogen and oxygen atoms in total. The van der Waals surface area contributed by atoms with Gasteiger partial charge in [0, 0.05) is 37.7 Å². The van der Waals surface area contributed by atoms with E-state index in [-0.39, 0.29) is 29.1 Å². The van der Waals surface area contributed by atoms with Crippen LogP contribution in [0.1, 0.15) is 37.9 Å². The number of amides is 1. The molecule has 1 N–H and O–H groups in total. The van der Waals surface area contributed by atoms with E-state index in [4.69, 9.17) is 4.74 Å². The summed E-state index contributed by atoms with van der Waals surface area (Å²) in [7, 11) is 0. The van der Waals surface area contributed by atoms with Gasteiger partial charge in [0.25, 0.3) is 17.4 Å². The van der Waals surface area contributed by atoms with Gasteiger partial charge in [-0.1, -0.05) is 26.0 Å². The van der Waals surface area contributed by atoms with Gasteiger partial charge in [-0.05, 0) is 42.9 Å². The van der Waals surface area contributed by atoms with E-state index in [9.17, 15) is 29.6 Å². The Kier molecular flexibility index (Phi) is 7.98. The van der Waals surface area contributed by atoms with Gasteiger partial charge in [-0.2, -0.15) is 0 Å². The first kappa shape index (κ1) is 25.6. The maximum absolute atomic E-state index is 13.1. The highest BCUT2D eigenvalue weighted by Gasteiger charge is 2.46. The third-order valence-corrected chi connectivity index (χ3v) is 5.88. The molecule has 2 aromatic rings. The molecular weight excluding hydrogens is 454 g/mol. The van der Waals surface area contributed by atoms with Crippen LogP contribution in [0, 0.1) is 10.1 Å². The smallest absolute Gasteiger partial charge is 0.308 e. The van der Waals surface area contributed by atoms with Crippen LogP contribution in [0.4, 0.5) is 5.69 Å². The van der Waals surface area contributed by atoms with E-state index < -0.39 is 34.4 Å². The van der Waals surface area contributed by atoms with Crippen molar-refractivity contribution < 1.29 is 29.2 Å². The number of ketones is 1. The number of esters is 1. The number of aliphatic hydroxyl groups excluding tert-OH is 1. The second-order valence-corrected chi connectivity index (χ2v) is 7.99. The Labute approximate surface area is 202 Å². The minimum absolute atomic E-state index is 0.136. The summed E-state index contributed by atoms with van der Waals surface area (Å²) in [6, 6.07) is 10.6. The van der Waals surface area contributed by atoms with Gasteiger partial charge in [-0.25, -0.2) is 0 Å². The molecule has 1 atom stereocenters. The van der Waals surface area contributed by atoms with E-state index in [2.05, 4.69) is 4.90 Å². The minimum Gasteiger partial charge on any atom is -0.507 e. The molecule has 0 bridgehead atoms. The largest absolute Gasteiger partial charge is 0.507 e. The Bertz CT molecular complexity index is 1170. The van der Waals surface area contributed by atoms with Gasteiger partial charge in [0.15, 0.2) is 0 Å². The summed E-state index contributed by atoms with van der Waals surface area (Å²) in [5, 5.41) is 22.1. The van der Waals surface area contributed by atoms with Gasteiger partial charge < -0.3 is 19.6 Å². The highest BCUT2D eigenvalue weighted by molar-refractivity contribution is 6.46. The third kappa shape index (κ3) is 5.55.